The molecule has 256 valence electrons. The molecule has 0 saturated heterocycles. The maximum absolute atomic E-state index is 2.90. The van der Waals surface area contributed by atoms with E-state index < -0.39 is 0 Å². The Labute approximate surface area is 306 Å². The van der Waals surface area contributed by atoms with Crippen LogP contribution in [0.15, 0.2) is 78.9 Å². The fourth-order valence-corrected chi connectivity index (χ4v) is 11.7. The molecule has 1 aliphatic carbocycles. The number of rotatable bonds is 1. The Morgan fingerprint density at radius 3 is 2.12 bits per heavy atom. The molecule has 0 bridgehead atoms. The predicted molar refractivity (Wildman–Crippen MR) is 219 cm³/mol. The van der Waals surface area contributed by atoms with Crippen LogP contribution in [-0.4, -0.2) is 12.4 Å². The second-order valence-corrected chi connectivity index (χ2v) is 18.7. The van der Waals surface area contributed by atoms with Crippen molar-refractivity contribution in [3.05, 3.63) is 118 Å². The van der Waals surface area contributed by atoms with Gasteiger partial charge in [0.2, 0.25) is 0 Å². The molecule has 2 atom stereocenters. The lowest BCUT2D eigenvalue weighted by molar-refractivity contribution is 0.195. The maximum Gasteiger partial charge on any atom is 0.333 e. The minimum absolute atomic E-state index is 0.0164. The standard InChI is InChI=1S/C48H51BN2/c1-28-22-29(2)41(30(3)23-28)31-24-34-33-16-15-18-36-43(33)51(39-19-12-11-17-35(39)46(36,7)8)49-38-27-32(45(4,5)6)26-37-44(38)50(40(25-31)42(34)49)48(10)21-14-13-20-47(37,48)9/h11-12,15-19,22-27H,13-14,20-21H2,1-10H3. The number of anilines is 4. The zero-order valence-electron chi connectivity index (χ0n) is 32.3. The average Bonchev–Trinajstić information content (AvgIpc) is 3.29. The normalized spacial score (nSPS) is 23.0. The van der Waals surface area contributed by atoms with Gasteiger partial charge >= 0.3 is 6.85 Å². The third-order valence-electron chi connectivity index (χ3n) is 14.4. The van der Waals surface area contributed by atoms with Gasteiger partial charge in [0.05, 0.1) is 5.54 Å². The molecule has 4 heterocycles. The lowest BCUT2D eigenvalue weighted by Crippen LogP contribution is -2.65. The van der Waals surface area contributed by atoms with E-state index in [9.17, 15) is 0 Å². The summed E-state index contributed by atoms with van der Waals surface area (Å²) in [4.78, 5) is 5.68. The maximum atomic E-state index is 2.90. The highest BCUT2D eigenvalue weighted by Gasteiger charge is 2.62. The molecule has 0 N–H and O–H groups in total. The van der Waals surface area contributed by atoms with E-state index >= 15 is 0 Å². The number of hydrogen-bond acceptors (Lipinski definition) is 2. The average molecular weight is 667 g/mol. The van der Waals surface area contributed by atoms with Gasteiger partial charge in [0.25, 0.3) is 0 Å². The van der Waals surface area contributed by atoms with E-state index in [1.54, 1.807) is 5.56 Å². The van der Waals surface area contributed by atoms with Gasteiger partial charge in [-0.15, -0.1) is 0 Å². The first-order valence-electron chi connectivity index (χ1n) is 19.4. The van der Waals surface area contributed by atoms with Crippen LogP contribution in [0.2, 0.25) is 0 Å². The molecule has 5 aromatic rings. The highest BCUT2D eigenvalue weighted by Crippen LogP contribution is 2.64. The van der Waals surface area contributed by atoms with E-state index in [-0.39, 0.29) is 28.6 Å². The van der Waals surface area contributed by atoms with Gasteiger partial charge in [-0.25, -0.2) is 0 Å². The van der Waals surface area contributed by atoms with E-state index in [0.717, 1.165) is 0 Å². The number of nitrogens with zero attached hydrogens (tertiary/aromatic N) is 2. The van der Waals surface area contributed by atoms with Crippen molar-refractivity contribution >= 4 is 40.5 Å². The largest absolute Gasteiger partial charge is 0.376 e. The molecule has 1 saturated carbocycles. The molecule has 3 heteroatoms. The van der Waals surface area contributed by atoms with Crippen molar-refractivity contribution in [2.45, 2.75) is 117 Å². The molecule has 0 spiro atoms. The van der Waals surface area contributed by atoms with Crippen LogP contribution in [0.25, 0.3) is 22.3 Å². The number of fused-ring (bicyclic) bond motifs is 9. The van der Waals surface area contributed by atoms with Crippen LogP contribution >= 0.6 is 0 Å². The molecule has 0 aromatic heterocycles. The Bertz CT molecular complexity index is 2350. The molecule has 10 rings (SSSR count). The molecule has 2 nitrogen and oxygen atoms in total. The SMILES string of the molecule is Cc1cc(C)c(-c2cc3c4c(c2)N2c5c(cc(C(C)(C)C)cc5C5(C)CCCCC25C)B4N2c4ccccc4C(C)(C)c4cccc-3c42)c(C)c1. The quantitative estimate of drug-likeness (QED) is 0.164. The molecular weight excluding hydrogens is 615 g/mol. The third-order valence-corrected chi connectivity index (χ3v) is 14.4. The summed E-state index contributed by atoms with van der Waals surface area (Å²) in [5.41, 5.74) is 24.1. The molecule has 51 heavy (non-hydrogen) atoms. The Kier molecular flexibility index (Phi) is 6.05. The summed E-state index contributed by atoms with van der Waals surface area (Å²) in [6, 6.07) is 31.6. The number of hydrogen-bond donors (Lipinski definition) is 0. The van der Waals surface area contributed by atoms with E-state index in [1.165, 1.54) is 115 Å². The van der Waals surface area contributed by atoms with Crippen molar-refractivity contribution in [3.8, 4) is 22.3 Å². The summed E-state index contributed by atoms with van der Waals surface area (Å²) < 4.78 is 0. The molecular formula is C48H51BN2. The summed E-state index contributed by atoms with van der Waals surface area (Å²) in [7, 11) is 0. The first-order chi connectivity index (χ1) is 24.2. The highest BCUT2D eigenvalue weighted by molar-refractivity contribution is 6.93. The minimum atomic E-state index is -0.119. The smallest absolute Gasteiger partial charge is 0.333 e. The predicted octanol–water partition coefficient (Wildman–Crippen LogP) is 11.2. The monoisotopic (exact) mass is 666 g/mol. The van der Waals surface area contributed by atoms with Gasteiger partial charge in [-0.2, -0.15) is 0 Å². The number of benzene rings is 5. The molecule has 0 radical (unpaired) electrons. The lowest BCUT2D eigenvalue weighted by atomic mass is 9.42. The van der Waals surface area contributed by atoms with Crippen molar-refractivity contribution in [1.29, 1.82) is 0 Å². The Morgan fingerprint density at radius 2 is 1.37 bits per heavy atom. The van der Waals surface area contributed by atoms with Crippen LogP contribution in [0, 0.1) is 20.8 Å². The van der Waals surface area contributed by atoms with Crippen molar-refractivity contribution < 1.29 is 0 Å². The molecule has 0 amide bonds. The first-order valence-corrected chi connectivity index (χ1v) is 19.4. The number of aryl methyl sites for hydroxylation is 3. The van der Waals surface area contributed by atoms with Crippen molar-refractivity contribution in [3.63, 3.8) is 0 Å². The third kappa shape index (κ3) is 3.76. The van der Waals surface area contributed by atoms with Crippen LogP contribution in [0.1, 0.15) is 113 Å². The minimum Gasteiger partial charge on any atom is -0.376 e. The zero-order chi connectivity index (χ0) is 35.6. The molecule has 1 fully saturated rings. The van der Waals surface area contributed by atoms with Crippen LogP contribution in [0.4, 0.5) is 22.7 Å². The lowest BCUT2D eigenvalue weighted by Gasteiger charge is -2.54. The highest BCUT2D eigenvalue weighted by atomic mass is 15.3. The molecule has 2 unspecified atom stereocenters. The van der Waals surface area contributed by atoms with Gasteiger partial charge in [-0.05, 0) is 125 Å². The second kappa shape index (κ2) is 9.79. The summed E-state index contributed by atoms with van der Waals surface area (Å²) in [6.45, 7) is 24.2. The molecule has 5 aromatic carbocycles. The zero-order valence-corrected chi connectivity index (χ0v) is 32.3. The van der Waals surface area contributed by atoms with Gasteiger partial charge in [-0.1, -0.05) is 121 Å². The summed E-state index contributed by atoms with van der Waals surface area (Å²) in [6.07, 6.45) is 5.01. The summed E-state index contributed by atoms with van der Waals surface area (Å²) >= 11 is 0. The van der Waals surface area contributed by atoms with Crippen molar-refractivity contribution in [2.75, 3.05) is 9.71 Å². The Balaban J connectivity index is 1.40. The van der Waals surface area contributed by atoms with E-state index in [2.05, 4.69) is 158 Å². The van der Waals surface area contributed by atoms with Gasteiger partial charge in [0.15, 0.2) is 0 Å². The topological polar surface area (TPSA) is 6.48 Å². The molecule has 4 aliphatic heterocycles. The van der Waals surface area contributed by atoms with Crippen LogP contribution in [0.5, 0.6) is 0 Å². The van der Waals surface area contributed by atoms with Crippen LogP contribution in [-0.2, 0) is 16.2 Å². The van der Waals surface area contributed by atoms with E-state index in [1.807, 2.05) is 0 Å². The fraction of sp³-hybridized carbons (Fsp3) is 0.375. The second-order valence-electron chi connectivity index (χ2n) is 18.7. The van der Waals surface area contributed by atoms with Crippen molar-refractivity contribution in [1.82, 2.24) is 0 Å². The van der Waals surface area contributed by atoms with Crippen LogP contribution in [0.3, 0.4) is 0 Å². The molecule has 5 aliphatic rings. The first kappa shape index (κ1) is 31.5. The van der Waals surface area contributed by atoms with Crippen LogP contribution < -0.4 is 20.6 Å². The van der Waals surface area contributed by atoms with Crippen molar-refractivity contribution in [2.24, 2.45) is 0 Å². The Morgan fingerprint density at radius 1 is 0.667 bits per heavy atom. The summed E-state index contributed by atoms with van der Waals surface area (Å²) in [5.74, 6) is 0. The van der Waals surface area contributed by atoms with Gasteiger partial charge in [0.1, 0.15) is 0 Å². The Hall–Kier alpha value is -4.24. The van der Waals surface area contributed by atoms with Gasteiger partial charge < -0.3 is 9.71 Å². The number of para-hydroxylation sites is 2. The summed E-state index contributed by atoms with van der Waals surface area (Å²) in [5, 5.41) is 0. The van der Waals surface area contributed by atoms with E-state index in [0.29, 0.717) is 0 Å². The van der Waals surface area contributed by atoms with Gasteiger partial charge in [-0.3, -0.25) is 0 Å². The van der Waals surface area contributed by atoms with E-state index in [4.69, 9.17) is 0 Å². The van der Waals surface area contributed by atoms with Gasteiger partial charge in [0, 0.05) is 39.1 Å². The fourth-order valence-electron chi connectivity index (χ4n) is 11.7.